The molecule has 1 saturated heterocycles. The zero-order chi connectivity index (χ0) is 23.1. The van der Waals surface area contributed by atoms with Gasteiger partial charge in [-0.3, -0.25) is 4.98 Å². The molecule has 0 aromatic carbocycles. The fourth-order valence-electron chi connectivity index (χ4n) is 4.60. The van der Waals surface area contributed by atoms with Gasteiger partial charge in [0.15, 0.2) is 21.4 Å². The molecule has 4 aromatic rings. The van der Waals surface area contributed by atoms with Crippen molar-refractivity contribution in [2.75, 3.05) is 32.6 Å². The first-order chi connectivity index (χ1) is 16.0. The molecular formula is C24H30N8S. The average molecular weight is 463 g/mol. The molecule has 3 N–H and O–H groups in total. The van der Waals surface area contributed by atoms with Gasteiger partial charge in [-0.05, 0) is 38.5 Å². The van der Waals surface area contributed by atoms with E-state index in [4.69, 9.17) is 15.0 Å². The second kappa shape index (κ2) is 8.64. The molecule has 172 valence electrons. The summed E-state index contributed by atoms with van der Waals surface area (Å²) < 4.78 is 0. The standard InChI is InChI=1S/C24H30N8S/c1-6-15(12-25-3)18-13-27-20(19-17(18)7-9-26-19)21-28-22-23(29-21)33-24(30-22)32(5)16-8-10-31(4)14(2)11-16/h6-7,9,12-14,16,25-26H,1,8,10-11H2,2-5H3,(H,28,29)/b15-12+. The van der Waals surface area contributed by atoms with Crippen LogP contribution in [0.4, 0.5) is 5.13 Å². The summed E-state index contributed by atoms with van der Waals surface area (Å²) in [5.41, 5.74) is 4.54. The van der Waals surface area contributed by atoms with Crippen LogP contribution in [-0.2, 0) is 0 Å². The first-order valence-electron chi connectivity index (χ1n) is 11.3. The number of imidazole rings is 1. The Morgan fingerprint density at radius 3 is 2.97 bits per heavy atom. The predicted molar refractivity (Wildman–Crippen MR) is 138 cm³/mol. The summed E-state index contributed by atoms with van der Waals surface area (Å²) in [6.45, 7) is 7.35. The summed E-state index contributed by atoms with van der Waals surface area (Å²) in [5.74, 6) is 0.725. The largest absolute Gasteiger partial charge is 0.393 e. The van der Waals surface area contributed by atoms with Crippen LogP contribution in [0.5, 0.6) is 0 Å². The fraction of sp³-hybridized carbons (Fsp3) is 0.375. The highest BCUT2D eigenvalue weighted by molar-refractivity contribution is 7.21. The maximum atomic E-state index is 4.87. The number of pyridine rings is 1. The number of piperidine rings is 1. The number of hydrogen-bond donors (Lipinski definition) is 3. The Morgan fingerprint density at radius 1 is 1.39 bits per heavy atom. The van der Waals surface area contributed by atoms with Crippen molar-refractivity contribution in [3.8, 4) is 11.5 Å². The van der Waals surface area contributed by atoms with Gasteiger partial charge >= 0.3 is 0 Å². The molecule has 2 unspecified atom stereocenters. The predicted octanol–water partition coefficient (Wildman–Crippen LogP) is 4.23. The van der Waals surface area contributed by atoms with Crippen LogP contribution < -0.4 is 10.2 Å². The maximum Gasteiger partial charge on any atom is 0.189 e. The van der Waals surface area contributed by atoms with E-state index in [0.717, 1.165) is 68.6 Å². The van der Waals surface area contributed by atoms with Crippen molar-refractivity contribution < 1.29 is 0 Å². The van der Waals surface area contributed by atoms with E-state index in [1.165, 1.54) is 0 Å². The molecule has 33 heavy (non-hydrogen) atoms. The van der Waals surface area contributed by atoms with Crippen LogP contribution in [-0.4, -0.2) is 69.6 Å². The van der Waals surface area contributed by atoms with Crippen LogP contribution in [0.2, 0.25) is 0 Å². The van der Waals surface area contributed by atoms with Crippen molar-refractivity contribution in [1.29, 1.82) is 0 Å². The van der Waals surface area contributed by atoms with E-state index in [1.807, 2.05) is 31.7 Å². The Kier molecular flexibility index (Phi) is 5.67. The molecule has 2 atom stereocenters. The molecule has 4 aromatic heterocycles. The third-order valence-corrected chi connectivity index (χ3v) is 7.77. The number of anilines is 1. The van der Waals surface area contributed by atoms with Crippen LogP contribution >= 0.6 is 11.3 Å². The third kappa shape index (κ3) is 3.81. The van der Waals surface area contributed by atoms with E-state index >= 15 is 0 Å². The van der Waals surface area contributed by atoms with Gasteiger partial charge in [0.05, 0.1) is 5.52 Å². The topological polar surface area (TPSA) is 88.8 Å². The van der Waals surface area contributed by atoms with E-state index in [0.29, 0.717) is 12.1 Å². The molecule has 0 saturated carbocycles. The zero-order valence-corrected chi connectivity index (χ0v) is 20.3. The Labute approximate surface area is 197 Å². The molecular weight excluding hydrogens is 432 g/mol. The summed E-state index contributed by atoms with van der Waals surface area (Å²) in [4.78, 5) is 26.9. The number of nitrogens with one attached hydrogen (secondary N) is 3. The number of allylic oxidation sites excluding steroid dienone is 2. The number of aromatic nitrogens is 5. The maximum absolute atomic E-state index is 4.87. The second-order valence-corrected chi connectivity index (χ2v) is 9.69. The summed E-state index contributed by atoms with van der Waals surface area (Å²) >= 11 is 1.63. The number of hydrogen-bond acceptors (Lipinski definition) is 7. The lowest BCUT2D eigenvalue weighted by Crippen LogP contribution is -2.46. The Bertz CT molecular complexity index is 1300. The highest BCUT2D eigenvalue weighted by Crippen LogP contribution is 2.34. The minimum atomic E-state index is 0.503. The lowest BCUT2D eigenvalue weighted by Gasteiger charge is -2.39. The molecule has 0 spiro atoms. The minimum Gasteiger partial charge on any atom is -0.393 e. The monoisotopic (exact) mass is 462 g/mol. The number of rotatable bonds is 6. The highest BCUT2D eigenvalue weighted by Gasteiger charge is 2.27. The van der Waals surface area contributed by atoms with Gasteiger partial charge in [-0.15, -0.1) is 0 Å². The van der Waals surface area contributed by atoms with Crippen LogP contribution in [0.3, 0.4) is 0 Å². The number of H-pyrrole nitrogens is 2. The molecule has 1 fully saturated rings. The van der Waals surface area contributed by atoms with Crippen LogP contribution in [0.1, 0.15) is 25.3 Å². The van der Waals surface area contributed by atoms with Gasteiger partial charge in [0, 0.05) is 62.3 Å². The van der Waals surface area contributed by atoms with E-state index in [2.05, 4.69) is 58.7 Å². The molecule has 0 radical (unpaired) electrons. The molecule has 9 heteroatoms. The fourth-order valence-corrected chi connectivity index (χ4v) is 5.53. The van der Waals surface area contributed by atoms with Crippen molar-refractivity contribution >= 4 is 43.4 Å². The molecule has 5 rings (SSSR count). The van der Waals surface area contributed by atoms with Crippen LogP contribution in [0.15, 0.2) is 37.3 Å². The number of aromatic amines is 2. The van der Waals surface area contributed by atoms with E-state index in [1.54, 1.807) is 11.3 Å². The lowest BCUT2D eigenvalue weighted by molar-refractivity contribution is 0.181. The van der Waals surface area contributed by atoms with Gasteiger partial charge in [0.1, 0.15) is 5.69 Å². The SMILES string of the molecule is C=C/C(=C\NC)c1cnc(-c2nc3sc(N(C)C4CCN(C)C(C)C4)nc3[nH]2)c2[nH]ccc12. The number of fused-ring (bicyclic) bond motifs is 2. The van der Waals surface area contributed by atoms with Gasteiger partial charge < -0.3 is 25.1 Å². The number of likely N-dealkylation sites (tertiary alicyclic amines) is 1. The van der Waals surface area contributed by atoms with Crippen molar-refractivity contribution in [2.24, 2.45) is 0 Å². The van der Waals surface area contributed by atoms with Gasteiger partial charge in [-0.1, -0.05) is 24.0 Å². The molecule has 0 aliphatic carbocycles. The van der Waals surface area contributed by atoms with Gasteiger partial charge in [-0.25, -0.2) is 9.97 Å². The van der Waals surface area contributed by atoms with Crippen molar-refractivity contribution in [3.63, 3.8) is 0 Å². The first-order valence-corrected chi connectivity index (χ1v) is 12.1. The highest BCUT2D eigenvalue weighted by atomic mass is 32.1. The molecule has 5 heterocycles. The van der Waals surface area contributed by atoms with Gasteiger partial charge in [-0.2, -0.15) is 0 Å². The number of nitrogens with zero attached hydrogens (tertiary/aromatic N) is 5. The van der Waals surface area contributed by atoms with Gasteiger partial charge in [0.2, 0.25) is 0 Å². The van der Waals surface area contributed by atoms with Crippen molar-refractivity contribution in [2.45, 2.75) is 31.8 Å². The van der Waals surface area contributed by atoms with E-state index in [-0.39, 0.29) is 0 Å². The van der Waals surface area contributed by atoms with Crippen LogP contribution in [0.25, 0.3) is 38.5 Å². The summed E-state index contributed by atoms with van der Waals surface area (Å²) in [5, 5.41) is 5.16. The molecule has 1 aliphatic heterocycles. The second-order valence-electron chi connectivity index (χ2n) is 8.73. The minimum absolute atomic E-state index is 0.503. The molecule has 1 aliphatic rings. The summed E-state index contributed by atoms with van der Waals surface area (Å²) in [7, 11) is 6.23. The Balaban J connectivity index is 1.46. The summed E-state index contributed by atoms with van der Waals surface area (Å²) in [6, 6.07) is 3.15. The van der Waals surface area contributed by atoms with E-state index < -0.39 is 0 Å². The number of thiazole rings is 1. The summed E-state index contributed by atoms with van der Waals surface area (Å²) in [6.07, 6.45) is 9.86. The Morgan fingerprint density at radius 2 is 2.24 bits per heavy atom. The van der Waals surface area contributed by atoms with Crippen molar-refractivity contribution in [1.82, 2.24) is 35.1 Å². The molecule has 0 bridgehead atoms. The average Bonchev–Trinajstić information content (AvgIpc) is 3.53. The van der Waals surface area contributed by atoms with Gasteiger partial charge in [0.25, 0.3) is 0 Å². The smallest absolute Gasteiger partial charge is 0.189 e. The zero-order valence-electron chi connectivity index (χ0n) is 19.5. The normalized spacial score (nSPS) is 19.9. The molecule has 0 amide bonds. The Hall–Kier alpha value is -3.17. The van der Waals surface area contributed by atoms with Crippen LogP contribution in [0, 0.1) is 0 Å². The quantitative estimate of drug-likeness (QED) is 0.372. The van der Waals surface area contributed by atoms with Crippen molar-refractivity contribution in [3.05, 3.63) is 42.9 Å². The third-order valence-electron chi connectivity index (χ3n) is 6.73. The molecule has 8 nitrogen and oxygen atoms in total. The lowest BCUT2D eigenvalue weighted by atomic mass is 9.98. The first kappa shape index (κ1) is 21.7. The van der Waals surface area contributed by atoms with E-state index in [9.17, 15) is 0 Å².